The summed E-state index contributed by atoms with van der Waals surface area (Å²) < 4.78 is 4.02. The number of aromatic nitrogens is 4. The number of likely N-dealkylation sites (N-methyl/N-ethyl adjacent to an activating group) is 1. The lowest BCUT2D eigenvalue weighted by molar-refractivity contribution is 0.0225. The second kappa shape index (κ2) is 8.83. The number of amides is 1. The summed E-state index contributed by atoms with van der Waals surface area (Å²) in [6, 6.07) is 7.40. The van der Waals surface area contributed by atoms with Gasteiger partial charge in [-0.2, -0.15) is 0 Å². The highest BCUT2D eigenvalue weighted by atomic mass is 16.3. The Hall–Kier alpha value is -2.93. The largest absolute Gasteiger partial charge is 0.389 e. The van der Waals surface area contributed by atoms with Gasteiger partial charge in [0.2, 0.25) is 0 Å². The van der Waals surface area contributed by atoms with Crippen molar-refractivity contribution >= 4 is 5.91 Å². The summed E-state index contributed by atoms with van der Waals surface area (Å²) in [6.07, 6.45) is 12.2. The van der Waals surface area contributed by atoms with Gasteiger partial charge in [-0.3, -0.25) is 4.79 Å². The summed E-state index contributed by atoms with van der Waals surface area (Å²) in [5.41, 5.74) is 1.68. The van der Waals surface area contributed by atoms with Gasteiger partial charge in [-0.25, -0.2) is 9.97 Å². The quantitative estimate of drug-likeness (QED) is 0.660. The molecule has 30 heavy (non-hydrogen) atoms. The number of aryl methyl sites for hydroxylation is 1. The van der Waals surface area contributed by atoms with Gasteiger partial charge in [0.15, 0.2) is 0 Å². The van der Waals surface area contributed by atoms with Gasteiger partial charge < -0.3 is 19.1 Å². The van der Waals surface area contributed by atoms with Gasteiger partial charge in [0, 0.05) is 43.9 Å². The second-order valence-corrected chi connectivity index (χ2v) is 8.14. The summed E-state index contributed by atoms with van der Waals surface area (Å²) in [7, 11) is 1.81. The van der Waals surface area contributed by atoms with Crippen molar-refractivity contribution in [2.45, 2.75) is 57.3 Å². The highest BCUT2D eigenvalue weighted by Crippen LogP contribution is 2.31. The highest BCUT2D eigenvalue weighted by Gasteiger charge is 2.36. The SMILES string of the molecule is Cc1nccn1[C@@H]1CCCC[C@@H](N(C)C(=O)c2cccc(Cn3ccnc3)c2)[C@H]1O. The van der Waals surface area contributed by atoms with E-state index in [1.807, 2.05) is 59.8 Å². The number of carbonyl (C=O) groups is 1. The number of imidazole rings is 2. The van der Waals surface area contributed by atoms with Crippen molar-refractivity contribution in [3.63, 3.8) is 0 Å². The van der Waals surface area contributed by atoms with Crippen LogP contribution in [0.1, 0.15) is 53.5 Å². The van der Waals surface area contributed by atoms with Crippen LogP contribution >= 0.6 is 0 Å². The summed E-state index contributed by atoms with van der Waals surface area (Å²) >= 11 is 0. The van der Waals surface area contributed by atoms with Crippen LogP contribution < -0.4 is 0 Å². The minimum atomic E-state index is -0.636. The molecule has 3 aromatic rings. The zero-order valence-electron chi connectivity index (χ0n) is 17.6. The number of aliphatic hydroxyl groups excluding tert-OH is 1. The van der Waals surface area contributed by atoms with Crippen LogP contribution in [-0.4, -0.2) is 54.2 Å². The molecule has 0 radical (unpaired) electrons. The topological polar surface area (TPSA) is 76.2 Å². The predicted molar refractivity (Wildman–Crippen MR) is 114 cm³/mol. The number of hydrogen-bond acceptors (Lipinski definition) is 4. The molecule has 0 unspecified atom stereocenters. The minimum absolute atomic E-state index is 0.0606. The van der Waals surface area contributed by atoms with Crippen LogP contribution in [0.3, 0.4) is 0 Å². The van der Waals surface area contributed by atoms with Crippen molar-refractivity contribution in [1.29, 1.82) is 0 Å². The normalized spacial score (nSPS) is 21.9. The molecule has 4 rings (SSSR count). The summed E-state index contributed by atoms with van der Waals surface area (Å²) in [6.45, 7) is 2.62. The number of carbonyl (C=O) groups excluding carboxylic acids is 1. The molecule has 0 spiro atoms. The van der Waals surface area contributed by atoms with Crippen LogP contribution in [0.15, 0.2) is 55.4 Å². The number of rotatable bonds is 5. The van der Waals surface area contributed by atoms with Crippen molar-refractivity contribution in [3.8, 4) is 0 Å². The Balaban J connectivity index is 1.53. The van der Waals surface area contributed by atoms with E-state index in [-0.39, 0.29) is 18.0 Å². The first kappa shape index (κ1) is 20.3. The number of nitrogens with zero attached hydrogens (tertiary/aromatic N) is 5. The first-order valence-electron chi connectivity index (χ1n) is 10.5. The molecule has 158 valence electrons. The predicted octanol–water partition coefficient (Wildman–Crippen LogP) is 3.05. The molecule has 7 heteroatoms. The van der Waals surface area contributed by atoms with Crippen molar-refractivity contribution in [2.75, 3.05) is 7.05 Å². The van der Waals surface area contributed by atoms with E-state index >= 15 is 0 Å². The molecule has 1 saturated carbocycles. The van der Waals surface area contributed by atoms with Gasteiger partial charge in [0.1, 0.15) is 5.82 Å². The molecule has 0 aliphatic heterocycles. The van der Waals surface area contributed by atoms with E-state index in [9.17, 15) is 9.90 Å². The summed E-state index contributed by atoms with van der Waals surface area (Å²) in [4.78, 5) is 23.4. The molecular weight excluding hydrogens is 378 g/mol. The average Bonchev–Trinajstić information content (AvgIpc) is 3.37. The first-order valence-corrected chi connectivity index (χ1v) is 10.5. The molecule has 7 nitrogen and oxygen atoms in total. The molecule has 1 aliphatic carbocycles. The van der Waals surface area contributed by atoms with Gasteiger partial charge in [0.25, 0.3) is 5.91 Å². The zero-order chi connectivity index (χ0) is 21.1. The molecule has 3 atom stereocenters. The molecule has 2 heterocycles. The van der Waals surface area contributed by atoms with Gasteiger partial charge in [0.05, 0.1) is 24.5 Å². The smallest absolute Gasteiger partial charge is 0.253 e. The Labute approximate surface area is 177 Å². The number of hydrogen-bond donors (Lipinski definition) is 1. The second-order valence-electron chi connectivity index (χ2n) is 8.14. The zero-order valence-corrected chi connectivity index (χ0v) is 17.6. The minimum Gasteiger partial charge on any atom is -0.389 e. The fourth-order valence-corrected chi connectivity index (χ4v) is 4.52. The lowest BCUT2D eigenvalue weighted by atomic mass is 9.99. The van der Waals surface area contributed by atoms with Crippen LogP contribution in [0.25, 0.3) is 0 Å². The van der Waals surface area contributed by atoms with Crippen molar-refractivity contribution < 1.29 is 9.90 Å². The van der Waals surface area contributed by atoms with E-state index in [1.54, 1.807) is 23.6 Å². The molecule has 1 amide bonds. The molecule has 0 bridgehead atoms. The van der Waals surface area contributed by atoms with E-state index < -0.39 is 6.10 Å². The van der Waals surface area contributed by atoms with Crippen molar-refractivity contribution in [2.24, 2.45) is 0 Å². The van der Waals surface area contributed by atoms with Crippen LogP contribution in [0, 0.1) is 6.92 Å². The van der Waals surface area contributed by atoms with E-state index in [1.165, 1.54) is 0 Å². The summed E-state index contributed by atoms with van der Waals surface area (Å²) in [5, 5.41) is 11.2. The molecule has 0 saturated heterocycles. The third-order valence-electron chi connectivity index (χ3n) is 6.17. The van der Waals surface area contributed by atoms with Crippen LogP contribution in [0.2, 0.25) is 0 Å². The maximum absolute atomic E-state index is 13.3. The Kier molecular flexibility index (Phi) is 5.99. The third-order valence-corrected chi connectivity index (χ3v) is 6.17. The van der Waals surface area contributed by atoms with Gasteiger partial charge in [-0.1, -0.05) is 25.0 Å². The van der Waals surface area contributed by atoms with Crippen LogP contribution in [-0.2, 0) is 6.54 Å². The lowest BCUT2D eigenvalue weighted by Gasteiger charge is -2.35. The molecule has 2 aromatic heterocycles. The van der Waals surface area contributed by atoms with E-state index in [2.05, 4.69) is 9.97 Å². The Morgan fingerprint density at radius 3 is 2.80 bits per heavy atom. The van der Waals surface area contributed by atoms with E-state index in [4.69, 9.17) is 0 Å². The van der Waals surface area contributed by atoms with Crippen LogP contribution in [0.4, 0.5) is 0 Å². The molecular formula is C23H29N5O2. The van der Waals surface area contributed by atoms with E-state index in [0.29, 0.717) is 12.1 Å². The Morgan fingerprint density at radius 1 is 1.23 bits per heavy atom. The fourth-order valence-electron chi connectivity index (χ4n) is 4.52. The number of aliphatic hydroxyl groups is 1. The standard InChI is InChI=1S/C23H29N5O2/c1-17-25-11-13-28(17)21-9-4-3-8-20(22(21)29)26(2)23(30)19-7-5-6-18(14-19)15-27-12-10-24-16-27/h5-7,10-14,16,20-22,29H,3-4,8-9,15H2,1-2H3/t20-,21-,22-/m1/s1. The Bertz CT molecular complexity index is 981. The van der Waals surface area contributed by atoms with Gasteiger partial charge >= 0.3 is 0 Å². The maximum Gasteiger partial charge on any atom is 0.253 e. The third kappa shape index (κ3) is 4.16. The lowest BCUT2D eigenvalue weighted by Crippen LogP contribution is -2.47. The molecule has 1 N–H and O–H groups in total. The highest BCUT2D eigenvalue weighted by molar-refractivity contribution is 5.94. The molecule has 1 fully saturated rings. The molecule has 1 aromatic carbocycles. The Morgan fingerprint density at radius 2 is 2.07 bits per heavy atom. The van der Waals surface area contributed by atoms with Crippen molar-refractivity contribution in [3.05, 3.63) is 72.3 Å². The van der Waals surface area contributed by atoms with Crippen LogP contribution in [0.5, 0.6) is 0 Å². The van der Waals surface area contributed by atoms with Gasteiger partial charge in [-0.15, -0.1) is 0 Å². The average molecular weight is 408 g/mol. The monoisotopic (exact) mass is 407 g/mol. The van der Waals surface area contributed by atoms with Crippen molar-refractivity contribution in [1.82, 2.24) is 24.0 Å². The van der Waals surface area contributed by atoms with E-state index in [0.717, 1.165) is 37.1 Å². The summed E-state index contributed by atoms with van der Waals surface area (Å²) in [5.74, 6) is 0.829. The maximum atomic E-state index is 13.3. The number of benzene rings is 1. The van der Waals surface area contributed by atoms with Gasteiger partial charge in [-0.05, 0) is 37.5 Å². The molecule has 1 aliphatic rings. The fraction of sp³-hybridized carbons (Fsp3) is 0.435. The first-order chi connectivity index (χ1) is 14.5.